The van der Waals surface area contributed by atoms with E-state index >= 15 is 0 Å². The first kappa shape index (κ1) is 18.2. The molecule has 2 aliphatic heterocycles. The standard InChI is InChI=1S/C20H21NO7/c1-21-5-4-9-6-12(22)17(23)18(24)15(9)16(21)19-10-7-13(26-2)14(27-3)8-11(10)20(25)28-19/h6-8,16,19,22-24H,4-5H2,1-3H3/t16?,19-/m0/s1. The molecular weight excluding hydrogens is 366 g/mol. The zero-order valence-corrected chi connectivity index (χ0v) is 15.7. The van der Waals surface area contributed by atoms with Crippen LogP contribution in [0.3, 0.4) is 0 Å². The van der Waals surface area contributed by atoms with Crippen molar-refractivity contribution in [1.82, 2.24) is 4.90 Å². The van der Waals surface area contributed by atoms with Crippen LogP contribution in [0.25, 0.3) is 0 Å². The second-order valence-corrected chi connectivity index (χ2v) is 6.96. The van der Waals surface area contributed by atoms with Gasteiger partial charge in [-0.25, -0.2) is 4.79 Å². The van der Waals surface area contributed by atoms with E-state index < -0.39 is 29.6 Å². The molecule has 8 nitrogen and oxygen atoms in total. The average molecular weight is 387 g/mol. The molecule has 4 rings (SSSR count). The van der Waals surface area contributed by atoms with Crippen LogP contribution in [0.4, 0.5) is 0 Å². The number of methoxy groups -OCH3 is 2. The number of ether oxygens (including phenoxy) is 3. The molecule has 0 saturated carbocycles. The summed E-state index contributed by atoms with van der Waals surface area (Å²) >= 11 is 0. The van der Waals surface area contributed by atoms with E-state index in [1.165, 1.54) is 20.3 Å². The van der Waals surface area contributed by atoms with Gasteiger partial charge < -0.3 is 29.5 Å². The fourth-order valence-corrected chi connectivity index (χ4v) is 4.07. The second kappa shape index (κ2) is 6.49. The lowest BCUT2D eigenvalue weighted by atomic mass is 9.85. The molecule has 0 amide bonds. The summed E-state index contributed by atoms with van der Waals surface area (Å²) in [5.41, 5.74) is 2.11. The Hall–Kier alpha value is -3.13. The third kappa shape index (κ3) is 2.52. The first-order valence-corrected chi connectivity index (χ1v) is 8.81. The molecule has 0 saturated heterocycles. The van der Waals surface area contributed by atoms with Crippen LogP contribution in [-0.4, -0.2) is 54.0 Å². The first-order valence-electron chi connectivity index (χ1n) is 8.81. The number of carbonyl (C=O) groups is 1. The van der Waals surface area contributed by atoms with Gasteiger partial charge in [-0.1, -0.05) is 0 Å². The molecule has 2 atom stereocenters. The number of aromatic hydroxyl groups is 3. The van der Waals surface area contributed by atoms with Crippen LogP contribution in [0.5, 0.6) is 28.7 Å². The Kier molecular flexibility index (Phi) is 4.23. The molecule has 3 N–H and O–H groups in total. The van der Waals surface area contributed by atoms with Gasteiger partial charge in [0.05, 0.1) is 25.8 Å². The molecule has 2 aliphatic rings. The minimum absolute atomic E-state index is 0.366. The molecule has 0 fully saturated rings. The number of fused-ring (bicyclic) bond motifs is 2. The van der Waals surface area contributed by atoms with Crippen LogP contribution in [0.15, 0.2) is 18.2 Å². The zero-order valence-electron chi connectivity index (χ0n) is 15.7. The highest BCUT2D eigenvalue weighted by Gasteiger charge is 2.44. The number of rotatable bonds is 3. The maximum Gasteiger partial charge on any atom is 0.339 e. The smallest absolute Gasteiger partial charge is 0.339 e. The van der Waals surface area contributed by atoms with Crippen LogP contribution in [0.1, 0.15) is 39.2 Å². The molecule has 1 unspecified atom stereocenters. The highest BCUT2D eigenvalue weighted by molar-refractivity contribution is 5.95. The number of carbonyl (C=O) groups excluding carboxylic acids is 1. The number of phenolic OH excluding ortho intramolecular Hbond substituents is 3. The number of benzene rings is 2. The van der Waals surface area contributed by atoms with Gasteiger partial charge in [-0.15, -0.1) is 0 Å². The largest absolute Gasteiger partial charge is 0.504 e. The van der Waals surface area contributed by atoms with Gasteiger partial charge in [-0.2, -0.15) is 0 Å². The molecule has 0 aromatic heterocycles. The minimum Gasteiger partial charge on any atom is -0.504 e. The van der Waals surface area contributed by atoms with Gasteiger partial charge in [0.15, 0.2) is 23.0 Å². The van der Waals surface area contributed by atoms with Crippen molar-refractivity contribution < 1.29 is 34.3 Å². The number of likely N-dealkylation sites (N-methyl/N-ethyl adjacent to an activating group) is 1. The molecule has 0 spiro atoms. The van der Waals surface area contributed by atoms with E-state index in [4.69, 9.17) is 14.2 Å². The molecular formula is C20H21NO7. The Morgan fingerprint density at radius 2 is 1.75 bits per heavy atom. The molecule has 0 radical (unpaired) electrons. The van der Waals surface area contributed by atoms with Gasteiger partial charge in [-0.05, 0) is 37.2 Å². The molecule has 2 heterocycles. The summed E-state index contributed by atoms with van der Waals surface area (Å²) in [5.74, 6) is -0.992. The Bertz CT molecular complexity index is 972. The number of phenols is 3. The lowest BCUT2D eigenvalue weighted by molar-refractivity contribution is 0.00871. The van der Waals surface area contributed by atoms with Gasteiger partial charge in [0.25, 0.3) is 0 Å². The van der Waals surface area contributed by atoms with Crippen molar-refractivity contribution in [2.24, 2.45) is 0 Å². The molecule has 2 aromatic carbocycles. The monoisotopic (exact) mass is 387 g/mol. The molecule has 28 heavy (non-hydrogen) atoms. The number of hydrogen-bond donors (Lipinski definition) is 3. The molecule has 2 aromatic rings. The van der Waals surface area contributed by atoms with Crippen molar-refractivity contribution in [2.75, 3.05) is 27.8 Å². The van der Waals surface area contributed by atoms with Crippen molar-refractivity contribution in [3.05, 3.63) is 40.5 Å². The third-order valence-corrected chi connectivity index (χ3v) is 5.49. The van der Waals surface area contributed by atoms with Crippen molar-refractivity contribution in [3.63, 3.8) is 0 Å². The van der Waals surface area contributed by atoms with E-state index in [-0.39, 0.29) is 5.75 Å². The van der Waals surface area contributed by atoms with Crippen LogP contribution >= 0.6 is 0 Å². The summed E-state index contributed by atoms with van der Waals surface area (Å²) in [7, 11) is 4.84. The van der Waals surface area contributed by atoms with Gasteiger partial charge in [-0.3, -0.25) is 4.90 Å². The molecule has 148 valence electrons. The lowest BCUT2D eigenvalue weighted by Gasteiger charge is -2.38. The van der Waals surface area contributed by atoms with E-state index in [0.717, 1.165) is 0 Å². The Morgan fingerprint density at radius 3 is 2.43 bits per heavy atom. The predicted octanol–water partition coefficient (Wildman–Crippen LogP) is 2.26. The summed E-state index contributed by atoms with van der Waals surface area (Å²) < 4.78 is 16.3. The van der Waals surface area contributed by atoms with Crippen molar-refractivity contribution in [3.8, 4) is 28.7 Å². The fraction of sp³-hybridized carbons (Fsp3) is 0.350. The van der Waals surface area contributed by atoms with Crippen LogP contribution in [0.2, 0.25) is 0 Å². The van der Waals surface area contributed by atoms with Crippen molar-refractivity contribution in [1.29, 1.82) is 0 Å². The summed E-state index contributed by atoms with van der Waals surface area (Å²) in [6, 6.07) is 4.17. The highest BCUT2D eigenvalue weighted by Crippen LogP contribution is 2.52. The molecule has 8 heteroatoms. The Labute approximate surface area is 161 Å². The van der Waals surface area contributed by atoms with E-state index in [1.807, 2.05) is 11.9 Å². The third-order valence-electron chi connectivity index (χ3n) is 5.49. The van der Waals surface area contributed by atoms with Crippen LogP contribution in [-0.2, 0) is 11.2 Å². The number of esters is 1. The van der Waals surface area contributed by atoms with E-state index in [1.54, 1.807) is 12.1 Å². The lowest BCUT2D eigenvalue weighted by Crippen LogP contribution is -2.36. The minimum atomic E-state index is -0.721. The zero-order chi connectivity index (χ0) is 20.2. The molecule has 0 bridgehead atoms. The van der Waals surface area contributed by atoms with Crippen LogP contribution < -0.4 is 9.47 Å². The topological polar surface area (TPSA) is 109 Å². The summed E-state index contributed by atoms with van der Waals surface area (Å²) in [5, 5.41) is 30.5. The SMILES string of the molecule is COc1cc2c(cc1OC)[C@@H](C1c3c(cc(O)c(O)c3O)CCN1C)OC2=O. The van der Waals surface area contributed by atoms with Crippen molar-refractivity contribution in [2.45, 2.75) is 18.6 Å². The van der Waals surface area contributed by atoms with E-state index in [0.29, 0.717) is 46.7 Å². The molecule has 0 aliphatic carbocycles. The van der Waals surface area contributed by atoms with Gasteiger partial charge in [0, 0.05) is 17.7 Å². The number of cyclic esters (lactones) is 1. The number of hydrogen-bond acceptors (Lipinski definition) is 8. The Morgan fingerprint density at radius 1 is 1.07 bits per heavy atom. The summed E-state index contributed by atoms with van der Waals surface area (Å²) in [6.07, 6.45) is -0.149. The fourth-order valence-electron chi connectivity index (χ4n) is 4.07. The Balaban J connectivity index is 1.89. The van der Waals surface area contributed by atoms with Crippen molar-refractivity contribution >= 4 is 5.97 Å². The van der Waals surface area contributed by atoms with E-state index in [9.17, 15) is 20.1 Å². The predicted molar refractivity (Wildman–Crippen MR) is 98.2 cm³/mol. The number of nitrogens with zero attached hydrogens (tertiary/aromatic N) is 1. The average Bonchev–Trinajstić information content (AvgIpc) is 3.00. The first-order chi connectivity index (χ1) is 13.4. The maximum absolute atomic E-state index is 12.5. The van der Waals surface area contributed by atoms with Crippen LogP contribution in [0, 0.1) is 0 Å². The van der Waals surface area contributed by atoms with Gasteiger partial charge >= 0.3 is 5.97 Å². The summed E-state index contributed by atoms with van der Waals surface area (Å²) in [6.45, 7) is 0.623. The summed E-state index contributed by atoms with van der Waals surface area (Å²) in [4.78, 5) is 14.5. The normalized spacial score (nSPS) is 21.0. The maximum atomic E-state index is 12.5. The quantitative estimate of drug-likeness (QED) is 0.544. The van der Waals surface area contributed by atoms with E-state index in [2.05, 4.69) is 0 Å². The second-order valence-electron chi connectivity index (χ2n) is 6.96. The van der Waals surface area contributed by atoms with Gasteiger partial charge in [0.1, 0.15) is 6.10 Å². The highest BCUT2D eigenvalue weighted by atomic mass is 16.6. The van der Waals surface area contributed by atoms with Gasteiger partial charge in [0.2, 0.25) is 5.75 Å².